The second-order valence-electron chi connectivity index (χ2n) is 6.69. The molecule has 0 aromatic heterocycles. The molecule has 152 valence electrons. The van der Waals surface area contributed by atoms with E-state index in [-0.39, 0.29) is 6.10 Å². The van der Waals surface area contributed by atoms with Crippen LogP contribution in [0.4, 0.5) is 0 Å². The van der Waals surface area contributed by atoms with Crippen LogP contribution in [0.25, 0.3) is 0 Å². The fraction of sp³-hybridized carbons (Fsp3) is 0.667. The molecule has 6 heteroatoms. The molecule has 0 fully saturated rings. The predicted octanol–water partition coefficient (Wildman–Crippen LogP) is 2.69. The van der Waals surface area contributed by atoms with E-state index in [0.717, 1.165) is 51.5 Å². The third kappa shape index (κ3) is 8.28. The Morgan fingerprint density at radius 3 is 2.63 bits per heavy atom. The van der Waals surface area contributed by atoms with Gasteiger partial charge in [0.05, 0.1) is 19.3 Å². The molecular formula is C21H35N3O3. The zero-order valence-corrected chi connectivity index (χ0v) is 16.8. The highest BCUT2D eigenvalue weighted by atomic mass is 16.5. The average Bonchev–Trinajstić information content (AvgIpc) is 2.71. The Balaban J connectivity index is 1.53. The number of hydrogen-bond donors (Lipinski definition) is 2. The first kappa shape index (κ1) is 21.7. The van der Waals surface area contributed by atoms with Crippen molar-refractivity contribution >= 4 is 5.96 Å². The molecule has 0 radical (unpaired) electrons. The van der Waals surface area contributed by atoms with Crippen LogP contribution in [0.3, 0.4) is 0 Å². The standard InChI is InChI=1S/C21H35N3O3/c1-22-21(23-12-6-14-26-17-16-25-2)24-13-7-15-27-20-11-5-9-18-8-3-4-10-19(18)20/h3-4,8,10,20H,5-7,9,11-17H2,1-2H3,(H2,22,23,24). The zero-order chi connectivity index (χ0) is 19.2. The Morgan fingerprint density at radius 1 is 1.07 bits per heavy atom. The molecule has 1 aliphatic rings. The van der Waals surface area contributed by atoms with Crippen LogP contribution in [0.2, 0.25) is 0 Å². The highest BCUT2D eigenvalue weighted by molar-refractivity contribution is 5.79. The van der Waals surface area contributed by atoms with Crippen LogP contribution in [0.5, 0.6) is 0 Å². The molecular weight excluding hydrogens is 342 g/mol. The van der Waals surface area contributed by atoms with Gasteiger partial charge in [-0.1, -0.05) is 24.3 Å². The van der Waals surface area contributed by atoms with Gasteiger partial charge >= 0.3 is 0 Å². The molecule has 0 spiro atoms. The van der Waals surface area contributed by atoms with Crippen molar-refractivity contribution in [2.45, 2.75) is 38.2 Å². The number of aliphatic imine (C=N–C) groups is 1. The smallest absolute Gasteiger partial charge is 0.190 e. The number of methoxy groups -OCH3 is 1. The molecule has 0 aliphatic heterocycles. The molecule has 0 saturated heterocycles. The molecule has 6 nitrogen and oxygen atoms in total. The highest BCUT2D eigenvalue weighted by Crippen LogP contribution is 2.32. The molecule has 1 aromatic rings. The summed E-state index contributed by atoms with van der Waals surface area (Å²) < 4.78 is 16.5. The van der Waals surface area contributed by atoms with E-state index in [4.69, 9.17) is 14.2 Å². The van der Waals surface area contributed by atoms with E-state index in [0.29, 0.717) is 13.2 Å². The fourth-order valence-corrected chi connectivity index (χ4v) is 3.23. The molecule has 0 amide bonds. The van der Waals surface area contributed by atoms with Crippen molar-refractivity contribution in [1.29, 1.82) is 0 Å². The maximum absolute atomic E-state index is 6.14. The average molecular weight is 378 g/mol. The second-order valence-corrected chi connectivity index (χ2v) is 6.69. The lowest BCUT2D eigenvalue weighted by atomic mass is 9.89. The summed E-state index contributed by atoms with van der Waals surface area (Å²) in [6.45, 7) is 4.46. The van der Waals surface area contributed by atoms with Crippen LogP contribution < -0.4 is 10.6 Å². The number of aryl methyl sites for hydroxylation is 1. The summed E-state index contributed by atoms with van der Waals surface area (Å²) in [6.07, 6.45) is 5.67. The molecule has 0 saturated carbocycles. The molecule has 1 aliphatic carbocycles. The second kappa shape index (κ2) is 13.5. The molecule has 0 heterocycles. The normalized spacial score (nSPS) is 16.8. The van der Waals surface area contributed by atoms with Crippen molar-refractivity contribution in [3.63, 3.8) is 0 Å². The van der Waals surface area contributed by atoms with Crippen molar-refractivity contribution in [2.75, 3.05) is 53.7 Å². The summed E-state index contributed by atoms with van der Waals surface area (Å²) in [5.41, 5.74) is 2.82. The van der Waals surface area contributed by atoms with Gasteiger partial charge in [-0.3, -0.25) is 4.99 Å². The molecule has 1 atom stereocenters. The van der Waals surface area contributed by atoms with Crippen LogP contribution in [0.1, 0.15) is 42.9 Å². The summed E-state index contributed by atoms with van der Waals surface area (Å²) >= 11 is 0. The number of nitrogens with zero attached hydrogens (tertiary/aromatic N) is 1. The Morgan fingerprint density at radius 2 is 1.85 bits per heavy atom. The van der Waals surface area contributed by atoms with Gasteiger partial charge in [0.15, 0.2) is 5.96 Å². The minimum Gasteiger partial charge on any atom is -0.382 e. The van der Waals surface area contributed by atoms with E-state index in [1.807, 2.05) is 0 Å². The van der Waals surface area contributed by atoms with Gasteiger partial charge in [-0.2, -0.15) is 0 Å². The topological polar surface area (TPSA) is 64.1 Å². The monoisotopic (exact) mass is 377 g/mol. The van der Waals surface area contributed by atoms with Gasteiger partial charge < -0.3 is 24.8 Å². The molecule has 1 aromatic carbocycles. The van der Waals surface area contributed by atoms with E-state index < -0.39 is 0 Å². The van der Waals surface area contributed by atoms with Crippen LogP contribution in [-0.4, -0.2) is 59.6 Å². The summed E-state index contributed by atoms with van der Waals surface area (Å²) in [5, 5.41) is 6.64. The maximum Gasteiger partial charge on any atom is 0.190 e. The number of ether oxygens (including phenoxy) is 3. The Kier molecular flexibility index (Phi) is 10.9. The summed E-state index contributed by atoms with van der Waals surface area (Å²) in [5.74, 6) is 0.829. The highest BCUT2D eigenvalue weighted by Gasteiger charge is 2.19. The quantitative estimate of drug-likeness (QED) is 0.333. The lowest BCUT2D eigenvalue weighted by Crippen LogP contribution is -2.38. The number of guanidine groups is 1. The first-order valence-electron chi connectivity index (χ1n) is 10.1. The van der Waals surface area contributed by atoms with Gasteiger partial charge in [0.1, 0.15) is 0 Å². The number of nitrogens with one attached hydrogen (secondary N) is 2. The zero-order valence-electron chi connectivity index (χ0n) is 16.8. The van der Waals surface area contributed by atoms with Gasteiger partial charge in [0.2, 0.25) is 0 Å². The van der Waals surface area contributed by atoms with Gasteiger partial charge in [-0.15, -0.1) is 0 Å². The summed E-state index contributed by atoms with van der Waals surface area (Å²) in [6, 6.07) is 8.67. The molecule has 27 heavy (non-hydrogen) atoms. The predicted molar refractivity (Wildman–Crippen MR) is 109 cm³/mol. The van der Waals surface area contributed by atoms with Crippen LogP contribution in [-0.2, 0) is 20.6 Å². The van der Waals surface area contributed by atoms with Gasteiger partial charge in [0.25, 0.3) is 0 Å². The SMILES string of the molecule is CN=C(NCCCOCCOC)NCCCOC1CCCc2ccccc21. The van der Waals surface area contributed by atoms with Crippen LogP contribution in [0, 0.1) is 0 Å². The fourth-order valence-electron chi connectivity index (χ4n) is 3.23. The number of fused-ring (bicyclic) bond motifs is 1. The van der Waals surface area contributed by atoms with Crippen molar-refractivity contribution in [2.24, 2.45) is 4.99 Å². The Labute approximate surface area is 163 Å². The maximum atomic E-state index is 6.14. The minimum absolute atomic E-state index is 0.255. The number of hydrogen-bond acceptors (Lipinski definition) is 4. The van der Waals surface area contributed by atoms with Gasteiger partial charge in [-0.05, 0) is 43.2 Å². The number of rotatable bonds is 12. The molecule has 1 unspecified atom stereocenters. The molecule has 2 rings (SSSR count). The van der Waals surface area contributed by atoms with Crippen molar-refractivity contribution in [3.8, 4) is 0 Å². The van der Waals surface area contributed by atoms with E-state index in [1.54, 1.807) is 14.2 Å². The molecule has 0 bridgehead atoms. The third-order valence-electron chi connectivity index (χ3n) is 4.66. The van der Waals surface area contributed by atoms with Crippen molar-refractivity contribution in [1.82, 2.24) is 10.6 Å². The third-order valence-corrected chi connectivity index (χ3v) is 4.66. The Hall–Kier alpha value is -1.63. The van der Waals surface area contributed by atoms with Crippen LogP contribution >= 0.6 is 0 Å². The van der Waals surface area contributed by atoms with E-state index in [2.05, 4.69) is 39.9 Å². The van der Waals surface area contributed by atoms with Gasteiger partial charge in [-0.25, -0.2) is 0 Å². The number of benzene rings is 1. The largest absolute Gasteiger partial charge is 0.382 e. The molecule has 2 N–H and O–H groups in total. The lowest BCUT2D eigenvalue weighted by molar-refractivity contribution is 0.0398. The van der Waals surface area contributed by atoms with Crippen molar-refractivity contribution in [3.05, 3.63) is 35.4 Å². The lowest BCUT2D eigenvalue weighted by Gasteiger charge is -2.25. The summed E-state index contributed by atoms with van der Waals surface area (Å²) in [7, 11) is 3.47. The van der Waals surface area contributed by atoms with Crippen LogP contribution in [0.15, 0.2) is 29.3 Å². The van der Waals surface area contributed by atoms with E-state index in [1.165, 1.54) is 24.0 Å². The minimum atomic E-state index is 0.255. The van der Waals surface area contributed by atoms with E-state index >= 15 is 0 Å². The first-order chi connectivity index (χ1) is 13.3. The Bertz CT molecular complexity index is 551. The summed E-state index contributed by atoms with van der Waals surface area (Å²) in [4.78, 5) is 4.25. The van der Waals surface area contributed by atoms with E-state index in [9.17, 15) is 0 Å². The first-order valence-corrected chi connectivity index (χ1v) is 10.1. The van der Waals surface area contributed by atoms with Gasteiger partial charge in [0, 0.05) is 40.5 Å². The van der Waals surface area contributed by atoms with Crippen molar-refractivity contribution < 1.29 is 14.2 Å².